The van der Waals surface area contributed by atoms with Gasteiger partial charge in [0.15, 0.2) is 5.82 Å². The van der Waals surface area contributed by atoms with Crippen LogP contribution in [0.5, 0.6) is 0 Å². The molecule has 1 amide bonds. The number of nitrogens with zero attached hydrogens (tertiary/aromatic N) is 2. The van der Waals surface area contributed by atoms with Gasteiger partial charge in [0.25, 0.3) is 5.89 Å². The molecule has 1 aromatic carbocycles. The second kappa shape index (κ2) is 7.29. The lowest BCUT2D eigenvalue weighted by Gasteiger charge is -2.29. The molecule has 2 N–H and O–H groups in total. The first-order valence-electron chi connectivity index (χ1n) is 7.79. The van der Waals surface area contributed by atoms with Crippen molar-refractivity contribution < 1.29 is 14.1 Å². The molecule has 1 unspecified atom stereocenters. The van der Waals surface area contributed by atoms with Crippen molar-refractivity contribution in [2.75, 3.05) is 13.2 Å². The zero-order valence-corrected chi connectivity index (χ0v) is 14.2. The number of amides is 1. The van der Waals surface area contributed by atoms with Gasteiger partial charge < -0.3 is 19.9 Å². The Balaban J connectivity index is 1.66. The Morgan fingerprint density at radius 2 is 2.17 bits per heavy atom. The lowest BCUT2D eigenvalue weighted by atomic mass is 10.1. The van der Waals surface area contributed by atoms with Crippen LogP contribution < -0.4 is 10.6 Å². The van der Waals surface area contributed by atoms with Gasteiger partial charge in [0, 0.05) is 17.1 Å². The van der Waals surface area contributed by atoms with E-state index in [0.29, 0.717) is 29.9 Å². The van der Waals surface area contributed by atoms with Crippen LogP contribution >= 0.6 is 11.6 Å². The van der Waals surface area contributed by atoms with Crippen molar-refractivity contribution >= 4 is 17.5 Å². The summed E-state index contributed by atoms with van der Waals surface area (Å²) >= 11 is 5.87. The molecule has 1 saturated heterocycles. The summed E-state index contributed by atoms with van der Waals surface area (Å²) in [6.45, 7) is 4.94. The fourth-order valence-electron chi connectivity index (χ4n) is 2.52. The monoisotopic (exact) mass is 350 g/mol. The van der Waals surface area contributed by atoms with Crippen molar-refractivity contribution in [3.8, 4) is 11.5 Å². The van der Waals surface area contributed by atoms with E-state index in [2.05, 4.69) is 20.8 Å². The maximum Gasteiger partial charge on any atom is 0.257 e. The second-order valence-corrected chi connectivity index (χ2v) is 6.14. The van der Waals surface area contributed by atoms with Gasteiger partial charge in [-0.15, -0.1) is 0 Å². The normalized spacial score (nSPS) is 22.1. The van der Waals surface area contributed by atoms with Crippen molar-refractivity contribution in [2.45, 2.75) is 32.0 Å². The molecule has 8 heteroatoms. The van der Waals surface area contributed by atoms with Gasteiger partial charge in [0.05, 0.1) is 18.8 Å². The molecule has 2 aromatic rings. The van der Waals surface area contributed by atoms with Crippen molar-refractivity contribution in [1.29, 1.82) is 0 Å². The van der Waals surface area contributed by atoms with E-state index in [1.165, 1.54) is 0 Å². The van der Waals surface area contributed by atoms with Crippen LogP contribution in [-0.4, -0.2) is 41.3 Å². The van der Waals surface area contributed by atoms with E-state index in [9.17, 15) is 4.79 Å². The molecular weight excluding hydrogens is 332 g/mol. The number of carbonyl (C=O) groups is 1. The molecular formula is C16H19ClN4O3. The average molecular weight is 351 g/mol. The number of nitrogens with one attached hydrogen (secondary N) is 2. The number of aromatic nitrogens is 2. The van der Waals surface area contributed by atoms with Gasteiger partial charge in [-0.25, -0.2) is 0 Å². The molecule has 7 nitrogen and oxygen atoms in total. The zero-order valence-electron chi connectivity index (χ0n) is 13.5. The average Bonchev–Trinajstić information content (AvgIpc) is 3.06. The van der Waals surface area contributed by atoms with Crippen LogP contribution in [0.4, 0.5) is 0 Å². The minimum Gasteiger partial charge on any atom is -0.375 e. The second-order valence-electron chi connectivity index (χ2n) is 5.70. The Labute approximate surface area is 144 Å². The molecule has 0 aliphatic carbocycles. The van der Waals surface area contributed by atoms with Crippen molar-refractivity contribution in [3.05, 3.63) is 35.1 Å². The predicted molar refractivity (Wildman–Crippen MR) is 88.5 cm³/mol. The molecule has 0 radical (unpaired) electrons. The number of hydrogen-bond donors (Lipinski definition) is 2. The van der Waals surface area contributed by atoms with Gasteiger partial charge in [-0.05, 0) is 38.1 Å². The highest BCUT2D eigenvalue weighted by Gasteiger charge is 2.30. The summed E-state index contributed by atoms with van der Waals surface area (Å²) in [4.78, 5) is 16.7. The van der Waals surface area contributed by atoms with Crippen LogP contribution in [-0.2, 0) is 9.53 Å². The zero-order chi connectivity index (χ0) is 17.1. The Kier molecular flexibility index (Phi) is 5.13. The number of halogens is 1. The lowest BCUT2D eigenvalue weighted by Crippen LogP contribution is -2.55. The third kappa shape index (κ3) is 3.75. The summed E-state index contributed by atoms with van der Waals surface area (Å²) in [5, 5.41) is 10.6. The van der Waals surface area contributed by atoms with E-state index in [4.69, 9.17) is 20.9 Å². The smallest absolute Gasteiger partial charge is 0.257 e. The Morgan fingerprint density at radius 1 is 1.42 bits per heavy atom. The van der Waals surface area contributed by atoms with E-state index < -0.39 is 0 Å². The SMILES string of the molecule is CC(NC(=O)[C@H]1NCCO[C@@H]1C)c1noc(-c2ccc(Cl)cc2)n1. The summed E-state index contributed by atoms with van der Waals surface area (Å²) in [7, 11) is 0. The molecule has 1 aromatic heterocycles. The summed E-state index contributed by atoms with van der Waals surface area (Å²) < 4.78 is 10.8. The summed E-state index contributed by atoms with van der Waals surface area (Å²) in [6.07, 6.45) is -0.180. The molecule has 1 fully saturated rings. The molecule has 0 spiro atoms. The molecule has 0 saturated carbocycles. The van der Waals surface area contributed by atoms with E-state index in [1.54, 1.807) is 24.3 Å². The minimum atomic E-state index is -0.385. The van der Waals surface area contributed by atoms with Crippen molar-refractivity contribution in [1.82, 2.24) is 20.8 Å². The highest BCUT2D eigenvalue weighted by molar-refractivity contribution is 6.30. The Hall–Kier alpha value is -1.96. The number of hydrogen-bond acceptors (Lipinski definition) is 6. The first-order chi connectivity index (χ1) is 11.5. The molecule has 1 aliphatic heterocycles. The van der Waals surface area contributed by atoms with E-state index >= 15 is 0 Å². The maximum absolute atomic E-state index is 12.4. The summed E-state index contributed by atoms with van der Waals surface area (Å²) in [5.41, 5.74) is 0.771. The van der Waals surface area contributed by atoms with Crippen LogP contribution in [0, 0.1) is 0 Å². The van der Waals surface area contributed by atoms with Crippen LogP contribution in [0.25, 0.3) is 11.5 Å². The van der Waals surface area contributed by atoms with Crippen LogP contribution in [0.15, 0.2) is 28.8 Å². The van der Waals surface area contributed by atoms with Gasteiger partial charge in [-0.3, -0.25) is 4.79 Å². The topological polar surface area (TPSA) is 89.3 Å². The standard InChI is InChI=1S/C16H19ClN4O3/c1-9(19-15(22)13-10(2)23-8-7-18-13)14-20-16(24-21-14)11-3-5-12(17)6-4-11/h3-6,9-10,13,18H,7-8H2,1-2H3,(H,19,22)/t9?,10-,13+/m1/s1. The van der Waals surface area contributed by atoms with Gasteiger partial charge in [0.1, 0.15) is 6.04 Å². The highest BCUT2D eigenvalue weighted by atomic mass is 35.5. The molecule has 128 valence electrons. The maximum atomic E-state index is 12.4. The number of ether oxygens (including phenoxy) is 1. The van der Waals surface area contributed by atoms with E-state index in [0.717, 1.165) is 5.56 Å². The summed E-state index contributed by atoms with van der Waals surface area (Å²) in [5.74, 6) is 0.653. The molecule has 3 atom stereocenters. The van der Waals surface area contributed by atoms with Crippen LogP contribution in [0.2, 0.25) is 5.02 Å². The first-order valence-corrected chi connectivity index (χ1v) is 8.17. The third-order valence-electron chi connectivity index (χ3n) is 3.88. The summed E-state index contributed by atoms with van der Waals surface area (Å²) in [6, 6.07) is 6.34. The van der Waals surface area contributed by atoms with Crippen LogP contribution in [0.1, 0.15) is 25.7 Å². The molecule has 1 aliphatic rings. The van der Waals surface area contributed by atoms with Gasteiger partial charge in [-0.2, -0.15) is 4.98 Å². The largest absolute Gasteiger partial charge is 0.375 e. The number of benzene rings is 1. The lowest BCUT2D eigenvalue weighted by molar-refractivity contribution is -0.129. The first kappa shape index (κ1) is 16.9. The van der Waals surface area contributed by atoms with Crippen LogP contribution in [0.3, 0.4) is 0 Å². The predicted octanol–water partition coefficient (Wildman–Crippen LogP) is 1.94. The molecule has 2 heterocycles. The van der Waals surface area contributed by atoms with E-state index in [1.807, 2.05) is 13.8 Å². The molecule has 3 rings (SSSR count). The fourth-order valence-corrected chi connectivity index (χ4v) is 2.64. The minimum absolute atomic E-state index is 0.146. The third-order valence-corrected chi connectivity index (χ3v) is 4.13. The number of morpholine rings is 1. The fraction of sp³-hybridized carbons (Fsp3) is 0.438. The van der Waals surface area contributed by atoms with E-state index in [-0.39, 0.29) is 24.1 Å². The quantitative estimate of drug-likeness (QED) is 0.876. The van der Waals surface area contributed by atoms with Crippen molar-refractivity contribution in [3.63, 3.8) is 0 Å². The molecule has 24 heavy (non-hydrogen) atoms. The Morgan fingerprint density at radius 3 is 2.88 bits per heavy atom. The Bertz CT molecular complexity index is 704. The van der Waals surface area contributed by atoms with Gasteiger partial charge in [0.2, 0.25) is 5.91 Å². The van der Waals surface area contributed by atoms with Gasteiger partial charge in [-0.1, -0.05) is 16.8 Å². The number of rotatable bonds is 4. The highest BCUT2D eigenvalue weighted by Crippen LogP contribution is 2.21. The van der Waals surface area contributed by atoms with Gasteiger partial charge >= 0.3 is 0 Å². The number of carbonyl (C=O) groups excluding carboxylic acids is 1. The molecule has 0 bridgehead atoms. The van der Waals surface area contributed by atoms with Crippen molar-refractivity contribution in [2.24, 2.45) is 0 Å².